The molecule has 8 nitrogen and oxygen atoms in total. The number of rotatable bonds is 5. The average Bonchev–Trinajstić information content (AvgIpc) is 3.39. The molecule has 1 aromatic carbocycles. The fourth-order valence-electron chi connectivity index (χ4n) is 4.67. The Morgan fingerprint density at radius 1 is 1.03 bits per heavy atom. The molecule has 0 bridgehead atoms. The number of aliphatic hydroxyl groups is 1. The molecule has 2 aromatic heterocycles. The van der Waals surface area contributed by atoms with E-state index in [1.165, 1.54) is 11.9 Å². The highest BCUT2D eigenvalue weighted by Gasteiger charge is 2.42. The van der Waals surface area contributed by atoms with Crippen molar-refractivity contribution in [2.24, 2.45) is 11.8 Å². The van der Waals surface area contributed by atoms with Crippen molar-refractivity contribution >= 4 is 0 Å². The lowest BCUT2D eigenvalue weighted by molar-refractivity contribution is 0.0304. The van der Waals surface area contributed by atoms with E-state index in [1.54, 1.807) is 24.8 Å². The molecule has 2 aliphatic rings. The van der Waals surface area contributed by atoms with Gasteiger partial charge in [-0.3, -0.25) is 4.90 Å². The van der Waals surface area contributed by atoms with Crippen LogP contribution in [0.25, 0.3) is 0 Å². The van der Waals surface area contributed by atoms with Crippen LogP contribution in [-0.2, 0) is 6.54 Å². The molecule has 0 unspecified atom stereocenters. The van der Waals surface area contributed by atoms with Crippen molar-refractivity contribution in [1.82, 2.24) is 29.6 Å². The van der Waals surface area contributed by atoms with E-state index in [9.17, 15) is 5.11 Å². The van der Waals surface area contributed by atoms with Crippen LogP contribution in [0.1, 0.15) is 24.4 Å². The highest BCUT2D eigenvalue weighted by molar-refractivity contribution is 5.29. The number of nitrogens with zero attached hydrogens (tertiary/aromatic N) is 6. The summed E-state index contributed by atoms with van der Waals surface area (Å²) in [5.41, 5.74) is 1.25. The molecule has 0 amide bonds. The molecule has 8 heteroatoms. The Kier molecular flexibility index (Phi) is 4.95. The van der Waals surface area contributed by atoms with Crippen LogP contribution in [0.5, 0.6) is 11.8 Å². The number of benzene rings is 1. The van der Waals surface area contributed by atoms with Gasteiger partial charge in [0.25, 0.3) is 0 Å². The maximum absolute atomic E-state index is 10.6. The first kappa shape index (κ1) is 18.2. The minimum absolute atomic E-state index is 0.0373. The Morgan fingerprint density at radius 2 is 1.79 bits per heavy atom. The van der Waals surface area contributed by atoms with Crippen LogP contribution in [0.4, 0.5) is 0 Å². The Bertz CT molecular complexity index is 918. The van der Waals surface area contributed by atoms with Crippen molar-refractivity contribution < 1.29 is 9.84 Å². The van der Waals surface area contributed by atoms with Crippen LogP contribution in [0.15, 0.2) is 55.4 Å². The summed E-state index contributed by atoms with van der Waals surface area (Å²) in [5, 5.41) is 14.8. The van der Waals surface area contributed by atoms with Crippen molar-refractivity contribution in [2.75, 3.05) is 13.1 Å². The highest BCUT2D eigenvalue weighted by atomic mass is 16.5. The number of fused-ring (bicyclic) bond motifs is 1. The van der Waals surface area contributed by atoms with Gasteiger partial charge in [-0.25, -0.2) is 19.6 Å². The predicted octanol–water partition coefficient (Wildman–Crippen LogP) is 2.30. The second kappa shape index (κ2) is 7.88. The Morgan fingerprint density at radius 3 is 2.52 bits per heavy atom. The van der Waals surface area contributed by atoms with Gasteiger partial charge in [-0.1, -0.05) is 12.1 Å². The molecule has 0 spiro atoms. The lowest BCUT2D eigenvalue weighted by Crippen LogP contribution is -2.36. The minimum Gasteiger partial charge on any atom is -0.424 e. The quantitative estimate of drug-likeness (QED) is 0.713. The van der Waals surface area contributed by atoms with Crippen molar-refractivity contribution in [1.29, 1.82) is 0 Å². The van der Waals surface area contributed by atoms with Crippen LogP contribution >= 0.6 is 0 Å². The zero-order chi connectivity index (χ0) is 19.6. The molecule has 1 saturated carbocycles. The molecule has 3 aromatic rings. The van der Waals surface area contributed by atoms with Gasteiger partial charge in [-0.15, -0.1) is 0 Å². The third kappa shape index (κ3) is 3.99. The molecule has 0 radical (unpaired) electrons. The highest BCUT2D eigenvalue weighted by Crippen LogP contribution is 2.41. The van der Waals surface area contributed by atoms with E-state index in [-0.39, 0.29) is 12.1 Å². The number of likely N-dealkylation sites (tertiary alicyclic amines) is 1. The first-order chi connectivity index (χ1) is 14.2. The van der Waals surface area contributed by atoms with E-state index in [4.69, 9.17) is 4.74 Å². The summed E-state index contributed by atoms with van der Waals surface area (Å²) in [6.45, 7) is 2.99. The zero-order valence-corrected chi connectivity index (χ0v) is 16.1. The Hall–Kier alpha value is -2.84. The Balaban J connectivity index is 1.19. The van der Waals surface area contributed by atoms with Gasteiger partial charge in [0.1, 0.15) is 18.4 Å². The standard InChI is InChI=1S/C21H24N6O2/c28-20-9-17-12-26(11-16(17)8-19(20)27-14-22-13-25-27)10-15-2-4-18(5-3-15)29-21-23-6-1-7-24-21/h1-7,13-14,16-17,19-20,28H,8-12H2/t16-,17+,19-,20-/m1/s1. The number of aromatic nitrogens is 5. The van der Waals surface area contributed by atoms with Gasteiger partial charge >= 0.3 is 6.01 Å². The second-order valence-corrected chi connectivity index (χ2v) is 7.97. The normalized spacial score (nSPS) is 26.9. The smallest absolute Gasteiger partial charge is 0.321 e. The van der Waals surface area contributed by atoms with Crippen molar-refractivity contribution in [3.8, 4) is 11.8 Å². The van der Waals surface area contributed by atoms with E-state index >= 15 is 0 Å². The maximum atomic E-state index is 10.6. The second-order valence-electron chi connectivity index (χ2n) is 7.97. The van der Waals surface area contributed by atoms with Crippen LogP contribution in [0.2, 0.25) is 0 Å². The first-order valence-corrected chi connectivity index (χ1v) is 10.0. The van der Waals surface area contributed by atoms with Gasteiger partial charge in [-0.05, 0) is 48.4 Å². The molecule has 5 rings (SSSR count). The third-order valence-electron chi connectivity index (χ3n) is 6.04. The van der Waals surface area contributed by atoms with Crippen molar-refractivity contribution in [3.63, 3.8) is 0 Å². The number of hydrogen-bond acceptors (Lipinski definition) is 7. The predicted molar refractivity (Wildman–Crippen MR) is 105 cm³/mol. The van der Waals surface area contributed by atoms with E-state index in [2.05, 4.69) is 37.1 Å². The fraction of sp³-hybridized carbons (Fsp3) is 0.429. The number of hydrogen-bond donors (Lipinski definition) is 1. The summed E-state index contributed by atoms with van der Waals surface area (Å²) in [7, 11) is 0. The lowest BCUT2D eigenvalue weighted by atomic mass is 9.77. The lowest BCUT2D eigenvalue weighted by Gasteiger charge is -2.35. The summed E-state index contributed by atoms with van der Waals surface area (Å²) < 4.78 is 7.48. The summed E-state index contributed by atoms with van der Waals surface area (Å²) in [5.74, 6) is 1.86. The molecule has 3 heterocycles. The van der Waals surface area contributed by atoms with Crippen molar-refractivity contribution in [2.45, 2.75) is 31.5 Å². The van der Waals surface area contributed by atoms with Gasteiger partial charge in [-0.2, -0.15) is 5.10 Å². The van der Waals surface area contributed by atoms with Crippen LogP contribution < -0.4 is 4.74 Å². The SMILES string of the molecule is O[C@@H]1C[C@H]2CN(Cc3ccc(Oc4ncccn4)cc3)C[C@H]2C[C@H]1n1cncn1. The van der Waals surface area contributed by atoms with E-state index < -0.39 is 0 Å². The molecule has 150 valence electrons. The topological polar surface area (TPSA) is 89.2 Å². The fourth-order valence-corrected chi connectivity index (χ4v) is 4.67. The maximum Gasteiger partial charge on any atom is 0.321 e. The number of aliphatic hydroxyl groups excluding tert-OH is 1. The van der Waals surface area contributed by atoms with Crippen LogP contribution in [0.3, 0.4) is 0 Å². The molecule has 4 atom stereocenters. The summed E-state index contributed by atoms with van der Waals surface area (Å²) in [4.78, 5) is 14.7. The monoisotopic (exact) mass is 392 g/mol. The molecular formula is C21H24N6O2. The third-order valence-corrected chi connectivity index (χ3v) is 6.04. The molecule has 1 N–H and O–H groups in total. The van der Waals surface area contributed by atoms with E-state index in [1.807, 2.05) is 16.8 Å². The van der Waals surface area contributed by atoms with Gasteiger partial charge in [0, 0.05) is 32.0 Å². The molecule has 1 aliphatic heterocycles. The van der Waals surface area contributed by atoms with Gasteiger partial charge in [0.05, 0.1) is 12.1 Å². The van der Waals surface area contributed by atoms with E-state index in [0.717, 1.165) is 38.2 Å². The minimum atomic E-state index is -0.352. The van der Waals surface area contributed by atoms with Gasteiger partial charge in [0.15, 0.2) is 0 Å². The zero-order valence-electron chi connectivity index (χ0n) is 16.1. The molecule has 2 fully saturated rings. The van der Waals surface area contributed by atoms with Crippen LogP contribution in [-0.4, -0.2) is 53.9 Å². The molecule has 1 aliphatic carbocycles. The van der Waals surface area contributed by atoms with Crippen molar-refractivity contribution in [3.05, 3.63) is 60.9 Å². The number of ether oxygens (including phenoxy) is 1. The summed E-state index contributed by atoms with van der Waals surface area (Å²) in [6.07, 6.45) is 8.00. The molecule has 29 heavy (non-hydrogen) atoms. The summed E-state index contributed by atoms with van der Waals surface area (Å²) in [6, 6.07) is 10.2. The van der Waals surface area contributed by atoms with E-state index in [0.29, 0.717) is 17.8 Å². The van der Waals surface area contributed by atoms with Gasteiger partial charge < -0.3 is 9.84 Å². The molecular weight excluding hydrogens is 368 g/mol. The van der Waals surface area contributed by atoms with Gasteiger partial charge in [0.2, 0.25) is 0 Å². The Labute approximate surface area is 169 Å². The molecule has 1 saturated heterocycles. The first-order valence-electron chi connectivity index (χ1n) is 10.0. The largest absolute Gasteiger partial charge is 0.424 e. The van der Waals surface area contributed by atoms with Crippen LogP contribution in [0, 0.1) is 11.8 Å². The average molecular weight is 392 g/mol. The summed E-state index contributed by atoms with van der Waals surface area (Å²) >= 11 is 0.